The molecule has 2 aliphatic heterocycles. The van der Waals surface area contributed by atoms with Crippen LogP contribution < -0.4 is 15.6 Å². The Labute approximate surface area is 223 Å². The number of carboxylic acids is 1. The molecule has 0 aliphatic carbocycles. The molecule has 0 saturated carbocycles. The Balaban J connectivity index is 1.39. The second-order valence-corrected chi connectivity index (χ2v) is 10.0. The van der Waals surface area contributed by atoms with Crippen molar-refractivity contribution in [2.24, 2.45) is 5.16 Å². The third-order valence-corrected chi connectivity index (χ3v) is 7.72. The van der Waals surface area contributed by atoms with Gasteiger partial charge in [-0.25, -0.2) is 9.36 Å². The van der Waals surface area contributed by atoms with E-state index in [1.54, 1.807) is 34.4 Å². The summed E-state index contributed by atoms with van der Waals surface area (Å²) < 4.78 is 7.45. The molecule has 3 aromatic rings. The number of anilines is 1. The zero-order valence-electron chi connectivity index (χ0n) is 19.8. The van der Waals surface area contributed by atoms with Crippen LogP contribution in [-0.2, 0) is 25.8 Å². The van der Waals surface area contributed by atoms with Gasteiger partial charge in [-0.05, 0) is 13.0 Å². The number of hydrogen-bond donors (Lipinski definition) is 3. The molecule has 0 spiro atoms. The number of aliphatic carboxylic acids is 1. The number of carboxylic acid groups (broad SMARTS) is 1. The van der Waals surface area contributed by atoms with Crippen molar-refractivity contribution in [1.82, 2.24) is 24.0 Å². The van der Waals surface area contributed by atoms with Crippen LogP contribution in [0.1, 0.15) is 18.4 Å². The molecule has 4 N–H and O–H groups in total. The molecule has 2 amide bonds. The second kappa shape index (κ2) is 10.1. The summed E-state index contributed by atoms with van der Waals surface area (Å²) in [5.41, 5.74) is 6.83. The molecule has 194 valence electrons. The highest BCUT2D eigenvalue weighted by atomic mass is 32.2. The molecule has 16 heteroatoms. The minimum absolute atomic E-state index is 0.0414. The van der Waals surface area contributed by atoms with Crippen molar-refractivity contribution >= 4 is 57.6 Å². The Morgan fingerprint density at radius 3 is 2.95 bits per heavy atom. The third kappa shape index (κ3) is 4.31. The fourth-order valence-electron chi connectivity index (χ4n) is 4.22. The first-order valence-corrected chi connectivity index (χ1v) is 13.1. The average molecular weight is 555 g/mol. The van der Waals surface area contributed by atoms with E-state index in [1.165, 1.54) is 16.7 Å². The SMILES string of the molecule is CCO/N=C(\C(=O)N[C@@H]1C(=O)N2C(C(=O)O)=C(C[n+]3cc(C#N)n4ccccc43)CS[C@H]12)c1nsc(N)n1. The van der Waals surface area contributed by atoms with Gasteiger partial charge in [0.15, 0.2) is 5.13 Å². The van der Waals surface area contributed by atoms with Gasteiger partial charge in [0, 0.05) is 28.9 Å². The summed E-state index contributed by atoms with van der Waals surface area (Å²) >= 11 is 2.20. The largest absolute Gasteiger partial charge is 0.477 e. The Bertz CT molecular complexity index is 1570. The number of β-lactam (4-membered cyclic amide) rings is 1. The summed E-state index contributed by atoms with van der Waals surface area (Å²) in [6.07, 6.45) is 3.38. The number of amides is 2. The predicted octanol–water partition coefficient (Wildman–Crippen LogP) is -0.288. The van der Waals surface area contributed by atoms with Crippen LogP contribution in [0.5, 0.6) is 0 Å². The van der Waals surface area contributed by atoms with Crippen molar-refractivity contribution in [1.29, 1.82) is 5.26 Å². The number of nitriles is 1. The molecule has 2 aliphatic rings. The van der Waals surface area contributed by atoms with Crippen molar-refractivity contribution in [2.75, 3.05) is 18.1 Å². The van der Waals surface area contributed by atoms with Crippen LogP contribution in [0.4, 0.5) is 5.13 Å². The monoisotopic (exact) mass is 554 g/mol. The van der Waals surface area contributed by atoms with Crippen LogP contribution in [0.15, 0.2) is 47.0 Å². The normalized spacial score (nSPS) is 19.1. The van der Waals surface area contributed by atoms with Crippen molar-refractivity contribution < 1.29 is 28.9 Å². The van der Waals surface area contributed by atoms with Crippen LogP contribution in [0, 0.1) is 11.3 Å². The van der Waals surface area contributed by atoms with Crippen LogP contribution in [0.3, 0.4) is 0 Å². The van der Waals surface area contributed by atoms with E-state index in [2.05, 4.69) is 25.9 Å². The molecule has 0 unspecified atom stereocenters. The Morgan fingerprint density at radius 2 is 2.26 bits per heavy atom. The van der Waals surface area contributed by atoms with E-state index < -0.39 is 29.2 Å². The number of hydrogen-bond acceptors (Lipinski definition) is 11. The molecule has 1 saturated heterocycles. The molecular weight excluding hydrogens is 534 g/mol. The third-order valence-electron chi connectivity index (χ3n) is 5.84. The lowest BCUT2D eigenvalue weighted by Gasteiger charge is -2.49. The van der Waals surface area contributed by atoms with Gasteiger partial charge < -0.3 is 21.0 Å². The molecule has 0 aromatic carbocycles. The van der Waals surface area contributed by atoms with Gasteiger partial charge >= 0.3 is 5.97 Å². The lowest BCUT2D eigenvalue weighted by atomic mass is 10.0. The standard InChI is InChI=1S/C22H19N9O5S2/c1-2-36-27-14(17-26-22(24)38-28-17)18(32)25-15-19(33)31-16(21(34)35)11(10-37-20(15)31)8-29-9-12(7-23)30-6-4-3-5-13(29)30/h3-6,9,15,20H,2,8,10H2,1H3,(H3-,24,25,26,28,32,34,35)/p+1/b27-14-/t15-,20-/m1/s1. The summed E-state index contributed by atoms with van der Waals surface area (Å²) in [5.74, 6) is -2.32. The zero-order chi connectivity index (χ0) is 27.0. The highest BCUT2D eigenvalue weighted by Gasteiger charge is 2.54. The van der Waals surface area contributed by atoms with Gasteiger partial charge in [-0.15, -0.1) is 11.8 Å². The number of nitrogen functional groups attached to an aromatic ring is 1. The molecule has 38 heavy (non-hydrogen) atoms. The first kappa shape index (κ1) is 25.2. The summed E-state index contributed by atoms with van der Waals surface area (Å²) in [7, 11) is 0. The Morgan fingerprint density at radius 1 is 1.45 bits per heavy atom. The maximum atomic E-state index is 13.1. The number of pyridine rings is 1. The topological polar surface area (TPSA) is 192 Å². The van der Waals surface area contributed by atoms with Gasteiger partial charge in [0.25, 0.3) is 17.5 Å². The number of oxime groups is 1. The molecule has 14 nitrogen and oxygen atoms in total. The average Bonchev–Trinajstić information content (AvgIpc) is 3.50. The molecule has 3 aromatic heterocycles. The van der Waals surface area contributed by atoms with Crippen molar-refractivity contribution in [3.63, 3.8) is 0 Å². The summed E-state index contributed by atoms with van der Waals surface area (Å²) in [6.45, 7) is 2.03. The maximum absolute atomic E-state index is 13.1. The molecule has 0 radical (unpaired) electrons. The highest BCUT2D eigenvalue weighted by Crippen LogP contribution is 2.40. The minimum atomic E-state index is -1.26. The van der Waals surface area contributed by atoms with E-state index in [-0.39, 0.29) is 35.5 Å². The molecule has 5 rings (SSSR count). The first-order valence-electron chi connectivity index (χ1n) is 11.2. The summed E-state index contributed by atoms with van der Waals surface area (Å²) in [4.78, 5) is 48.5. The van der Waals surface area contributed by atoms with Crippen molar-refractivity contribution in [3.05, 3.63) is 53.4 Å². The van der Waals surface area contributed by atoms with E-state index in [0.717, 1.165) is 11.5 Å². The zero-order valence-corrected chi connectivity index (χ0v) is 21.4. The fourth-order valence-corrected chi connectivity index (χ4v) is 5.99. The molecule has 5 heterocycles. The van der Waals surface area contributed by atoms with E-state index in [4.69, 9.17) is 10.6 Å². The van der Waals surface area contributed by atoms with Crippen molar-refractivity contribution in [2.45, 2.75) is 24.9 Å². The fraction of sp³-hybridized carbons (Fsp3) is 0.273. The van der Waals surface area contributed by atoms with E-state index in [1.807, 2.05) is 12.1 Å². The number of nitrogens with one attached hydrogen (secondary N) is 1. The molecular formula is C22H20N9O5S2+. The van der Waals surface area contributed by atoms with Crippen LogP contribution in [0.2, 0.25) is 0 Å². The number of aromatic nitrogens is 4. The van der Waals surface area contributed by atoms with E-state index >= 15 is 0 Å². The van der Waals surface area contributed by atoms with E-state index in [9.17, 15) is 24.8 Å². The molecule has 0 bridgehead atoms. The highest BCUT2D eigenvalue weighted by molar-refractivity contribution is 8.00. The van der Waals surface area contributed by atoms with Gasteiger partial charge in [-0.2, -0.15) is 19.0 Å². The van der Waals surface area contributed by atoms with Crippen molar-refractivity contribution in [3.8, 4) is 6.07 Å². The van der Waals surface area contributed by atoms with E-state index in [0.29, 0.717) is 22.7 Å². The molecule has 1 fully saturated rings. The lowest BCUT2D eigenvalue weighted by Crippen LogP contribution is -2.71. The van der Waals surface area contributed by atoms with Crippen LogP contribution in [0.25, 0.3) is 5.65 Å². The number of nitrogens with two attached hydrogens (primary N) is 1. The lowest BCUT2D eigenvalue weighted by molar-refractivity contribution is -0.662. The van der Waals surface area contributed by atoms with Gasteiger partial charge in [-0.1, -0.05) is 11.2 Å². The number of nitrogens with zero attached hydrogens (tertiary/aromatic N) is 7. The summed E-state index contributed by atoms with van der Waals surface area (Å²) in [6, 6.07) is 6.55. The number of imidazole rings is 1. The number of carbonyl (C=O) groups excluding carboxylic acids is 2. The number of carbonyl (C=O) groups is 3. The number of fused-ring (bicyclic) bond motifs is 2. The molecule has 2 atom stereocenters. The van der Waals surface area contributed by atoms with Crippen LogP contribution in [-0.4, -0.2) is 71.0 Å². The first-order chi connectivity index (χ1) is 18.3. The number of rotatable bonds is 8. The van der Waals surface area contributed by atoms with Crippen LogP contribution >= 0.6 is 23.3 Å². The number of thioether (sulfide) groups is 1. The smallest absolute Gasteiger partial charge is 0.352 e. The van der Waals surface area contributed by atoms with Gasteiger partial charge in [0.05, 0.1) is 6.20 Å². The second-order valence-electron chi connectivity index (χ2n) is 8.12. The predicted molar refractivity (Wildman–Crippen MR) is 134 cm³/mol. The van der Waals surface area contributed by atoms with Gasteiger partial charge in [-0.3, -0.25) is 14.5 Å². The summed E-state index contributed by atoms with van der Waals surface area (Å²) in [5, 5.41) is 25.4. The van der Waals surface area contributed by atoms with Gasteiger partial charge in [0.1, 0.15) is 42.5 Å². The van der Waals surface area contributed by atoms with Gasteiger partial charge in [0.2, 0.25) is 17.2 Å². The quantitative estimate of drug-likeness (QED) is 0.144. The Kier molecular flexibility index (Phi) is 6.70. The maximum Gasteiger partial charge on any atom is 0.352 e. The minimum Gasteiger partial charge on any atom is -0.477 e. The Hall–Kier alpha value is -4.49.